The van der Waals surface area contributed by atoms with Crippen LogP contribution in [0.25, 0.3) is 0 Å². The summed E-state index contributed by atoms with van der Waals surface area (Å²) in [5.41, 5.74) is 0.515. The first-order valence-corrected chi connectivity index (χ1v) is 4.84. The van der Waals surface area contributed by atoms with Gasteiger partial charge in [-0.3, -0.25) is 9.59 Å². The molecule has 5 heteroatoms. The molecule has 15 heavy (non-hydrogen) atoms. The lowest BCUT2D eigenvalue weighted by Crippen LogP contribution is -2.30. The second-order valence-corrected chi connectivity index (χ2v) is 3.66. The maximum Gasteiger partial charge on any atom is 0.308 e. The van der Waals surface area contributed by atoms with Crippen molar-refractivity contribution in [3.63, 3.8) is 0 Å². The number of aromatic amines is 1. The fraction of sp³-hybridized carbons (Fsp3) is 0.400. The minimum atomic E-state index is -0.822. The van der Waals surface area contributed by atoms with Gasteiger partial charge in [0.1, 0.15) is 5.69 Å². The van der Waals surface area contributed by atoms with E-state index in [2.05, 4.69) is 4.98 Å². The molecule has 1 aromatic rings. The highest BCUT2D eigenvalue weighted by atomic mass is 16.4. The molecule has 5 nitrogen and oxygen atoms in total. The van der Waals surface area contributed by atoms with E-state index in [1.165, 1.54) is 0 Å². The number of hydrogen-bond acceptors (Lipinski definition) is 2. The van der Waals surface area contributed by atoms with Crippen LogP contribution in [0.3, 0.4) is 0 Å². The summed E-state index contributed by atoms with van der Waals surface area (Å²) in [4.78, 5) is 26.9. The third-order valence-electron chi connectivity index (χ3n) is 2.65. The lowest BCUT2D eigenvalue weighted by atomic mass is 10.1. The Morgan fingerprint density at radius 3 is 2.87 bits per heavy atom. The number of nitrogens with zero attached hydrogens (tertiary/aromatic N) is 1. The van der Waals surface area contributed by atoms with Crippen molar-refractivity contribution >= 4 is 11.9 Å². The predicted molar refractivity (Wildman–Crippen MR) is 52.4 cm³/mol. The van der Waals surface area contributed by atoms with E-state index in [1.54, 1.807) is 23.2 Å². The number of amides is 1. The van der Waals surface area contributed by atoms with Crippen LogP contribution in [0.4, 0.5) is 0 Å². The number of nitrogens with one attached hydrogen (secondary N) is 1. The van der Waals surface area contributed by atoms with Crippen molar-refractivity contribution in [1.82, 2.24) is 9.88 Å². The summed E-state index contributed by atoms with van der Waals surface area (Å²) in [6.07, 6.45) is 2.22. The van der Waals surface area contributed by atoms with Crippen LogP contribution in [0.5, 0.6) is 0 Å². The molecule has 0 aliphatic carbocycles. The molecule has 2 N–H and O–H groups in total. The van der Waals surface area contributed by atoms with Gasteiger partial charge in [0.15, 0.2) is 0 Å². The van der Waals surface area contributed by atoms with E-state index < -0.39 is 11.9 Å². The van der Waals surface area contributed by atoms with Gasteiger partial charge in [0.05, 0.1) is 5.92 Å². The average Bonchev–Trinajstić information content (AvgIpc) is 2.88. The first-order chi connectivity index (χ1) is 7.18. The maximum absolute atomic E-state index is 11.8. The first kappa shape index (κ1) is 9.76. The minimum absolute atomic E-state index is 0.122. The number of carboxylic acid groups (broad SMARTS) is 1. The molecule has 0 aromatic carbocycles. The number of H-pyrrole nitrogens is 1. The van der Waals surface area contributed by atoms with Gasteiger partial charge in [0, 0.05) is 19.3 Å². The summed E-state index contributed by atoms with van der Waals surface area (Å²) in [5, 5.41) is 8.80. The van der Waals surface area contributed by atoms with E-state index in [0.29, 0.717) is 25.2 Å². The van der Waals surface area contributed by atoms with Crippen molar-refractivity contribution in [1.29, 1.82) is 0 Å². The number of carbonyl (C=O) groups excluding carboxylic acids is 1. The number of hydrogen-bond donors (Lipinski definition) is 2. The molecular formula is C10H12N2O3. The Hall–Kier alpha value is -1.78. The van der Waals surface area contributed by atoms with Crippen LogP contribution in [-0.4, -0.2) is 40.0 Å². The van der Waals surface area contributed by atoms with Crippen LogP contribution < -0.4 is 0 Å². The van der Waals surface area contributed by atoms with Crippen molar-refractivity contribution in [2.24, 2.45) is 5.92 Å². The van der Waals surface area contributed by atoms with Gasteiger partial charge < -0.3 is 15.0 Å². The Balaban J connectivity index is 2.02. The van der Waals surface area contributed by atoms with E-state index in [0.717, 1.165) is 0 Å². The molecule has 0 radical (unpaired) electrons. The summed E-state index contributed by atoms with van der Waals surface area (Å²) >= 11 is 0. The van der Waals surface area contributed by atoms with Crippen LogP contribution in [0.15, 0.2) is 18.3 Å². The molecule has 1 fully saturated rings. The van der Waals surface area contributed by atoms with Crippen LogP contribution in [0.1, 0.15) is 16.9 Å². The topological polar surface area (TPSA) is 73.4 Å². The number of likely N-dealkylation sites (tertiary alicyclic amines) is 1. The fourth-order valence-corrected chi connectivity index (χ4v) is 1.78. The summed E-state index contributed by atoms with van der Waals surface area (Å²) in [6.45, 7) is 0.835. The number of carboxylic acids is 1. The van der Waals surface area contributed by atoms with Gasteiger partial charge in [0.2, 0.25) is 0 Å². The van der Waals surface area contributed by atoms with Crippen LogP contribution in [0, 0.1) is 5.92 Å². The van der Waals surface area contributed by atoms with E-state index in [9.17, 15) is 9.59 Å². The summed E-state index contributed by atoms with van der Waals surface area (Å²) in [7, 11) is 0. The smallest absolute Gasteiger partial charge is 0.308 e. The maximum atomic E-state index is 11.8. The van der Waals surface area contributed by atoms with Crippen molar-refractivity contribution in [2.75, 3.05) is 13.1 Å². The highest BCUT2D eigenvalue weighted by Crippen LogP contribution is 2.18. The number of aliphatic carboxylic acids is 1. The average molecular weight is 208 g/mol. The van der Waals surface area contributed by atoms with Crippen LogP contribution in [0.2, 0.25) is 0 Å². The third kappa shape index (κ3) is 1.86. The predicted octanol–water partition coefficient (Wildman–Crippen LogP) is 0.561. The molecule has 1 aromatic heterocycles. The van der Waals surface area contributed by atoms with Gasteiger partial charge in [-0.25, -0.2) is 0 Å². The molecule has 1 amide bonds. The highest BCUT2D eigenvalue weighted by molar-refractivity contribution is 5.93. The molecule has 0 unspecified atom stereocenters. The number of rotatable bonds is 2. The van der Waals surface area contributed by atoms with E-state index in [-0.39, 0.29) is 5.91 Å². The normalized spacial score (nSPS) is 20.5. The minimum Gasteiger partial charge on any atom is -0.481 e. The molecule has 0 bridgehead atoms. The number of aromatic nitrogens is 1. The van der Waals surface area contributed by atoms with Gasteiger partial charge in [-0.1, -0.05) is 0 Å². The molecule has 1 saturated heterocycles. The standard InChI is InChI=1S/C10H12N2O3/c13-9(8-2-1-4-11-8)12-5-3-7(6-12)10(14)15/h1-2,4,7,11H,3,5-6H2,(H,14,15)/t7-/m1/s1. The highest BCUT2D eigenvalue weighted by Gasteiger charge is 2.31. The quantitative estimate of drug-likeness (QED) is 0.745. The van der Waals surface area contributed by atoms with Crippen molar-refractivity contribution < 1.29 is 14.7 Å². The Labute approximate surface area is 86.7 Å². The van der Waals surface area contributed by atoms with E-state index in [4.69, 9.17) is 5.11 Å². The molecule has 0 saturated carbocycles. The van der Waals surface area contributed by atoms with Gasteiger partial charge >= 0.3 is 5.97 Å². The Kier molecular flexibility index (Phi) is 2.45. The lowest BCUT2D eigenvalue weighted by molar-refractivity contribution is -0.141. The zero-order chi connectivity index (χ0) is 10.8. The van der Waals surface area contributed by atoms with Crippen LogP contribution >= 0.6 is 0 Å². The Bertz CT molecular complexity index is 372. The lowest BCUT2D eigenvalue weighted by Gasteiger charge is -2.14. The Morgan fingerprint density at radius 1 is 1.53 bits per heavy atom. The first-order valence-electron chi connectivity index (χ1n) is 4.84. The van der Waals surface area contributed by atoms with Crippen molar-refractivity contribution in [2.45, 2.75) is 6.42 Å². The molecule has 1 aliphatic rings. The molecule has 2 rings (SSSR count). The third-order valence-corrected chi connectivity index (χ3v) is 2.65. The molecule has 80 valence electrons. The second-order valence-electron chi connectivity index (χ2n) is 3.66. The van der Waals surface area contributed by atoms with E-state index in [1.807, 2.05) is 0 Å². The fourth-order valence-electron chi connectivity index (χ4n) is 1.78. The largest absolute Gasteiger partial charge is 0.481 e. The van der Waals surface area contributed by atoms with Crippen molar-refractivity contribution in [3.05, 3.63) is 24.0 Å². The zero-order valence-corrected chi connectivity index (χ0v) is 8.14. The SMILES string of the molecule is O=C(O)[C@@H]1CCN(C(=O)c2ccc[nH]2)C1. The summed E-state index contributed by atoms with van der Waals surface area (Å²) < 4.78 is 0. The molecule has 2 heterocycles. The summed E-state index contributed by atoms with van der Waals surface area (Å²) in [6, 6.07) is 3.44. The molecule has 1 atom stereocenters. The summed E-state index contributed by atoms with van der Waals surface area (Å²) in [5.74, 6) is -1.36. The zero-order valence-electron chi connectivity index (χ0n) is 8.14. The molecule has 0 spiro atoms. The van der Waals surface area contributed by atoms with Gasteiger partial charge in [-0.15, -0.1) is 0 Å². The Morgan fingerprint density at radius 2 is 2.33 bits per heavy atom. The van der Waals surface area contributed by atoms with E-state index >= 15 is 0 Å². The molecular weight excluding hydrogens is 196 g/mol. The number of carbonyl (C=O) groups is 2. The molecule has 1 aliphatic heterocycles. The van der Waals surface area contributed by atoms with Gasteiger partial charge in [-0.05, 0) is 18.6 Å². The van der Waals surface area contributed by atoms with Gasteiger partial charge in [0.25, 0.3) is 5.91 Å². The monoisotopic (exact) mass is 208 g/mol. The van der Waals surface area contributed by atoms with Crippen LogP contribution in [-0.2, 0) is 4.79 Å². The van der Waals surface area contributed by atoms with Crippen molar-refractivity contribution in [3.8, 4) is 0 Å². The second kappa shape index (κ2) is 3.76. The van der Waals surface area contributed by atoms with Gasteiger partial charge in [-0.2, -0.15) is 0 Å².